The van der Waals surface area contributed by atoms with Gasteiger partial charge in [-0.25, -0.2) is 13.2 Å². The molecule has 0 bridgehead atoms. The highest BCUT2D eigenvalue weighted by Gasteiger charge is 2.34. The lowest BCUT2D eigenvalue weighted by molar-refractivity contribution is 0.0673. The molecule has 0 fully saturated rings. The van der Waals surface area contributed by atoms with Crippen LogP contribution in [0.2, 0.25) is 5.02 Å². The minimum Gasteiger partial charge on any atom is -0.330 e. The molecule has 2 aromatic heterocycles. The maximum absolute atomic E-state index is 14.5. The van der Waals surface area contributed by atoms with Gasteiger partial charge >= 0.3 is 0 Å². The van der Waals surface area contributed by atoms with Crippen LogP contribution in [0.25, 0.3) is 11.3 Å². The highest BCUT2D eigenvalue weighted by atomic mass is 35.5. The summed E-state index contributed by atoms with van der Waals surface area (Å²) >= 11 is 6.59. The van der Waals surface area contributed by atoms with E-state index in [1.54, 1.807) is 29.0 Å². The number of carbonyl (C=O) groups excluding carboxylic acids is 1. The second-order valence-electron chi connectivity index (χ2n) is 8.95. The van der Waals surface area contributed by atoms with E-state index in [0.29, 0.717) is 48.3 Å². The molecule has 6 nitrogen and oxygen atoms in total. The number of fused-ring (bicyclic) bond motifs is 1. The van der Waals surface area contributed by atoms with Gasteiger partial charge in [0.1, 0.15) is 17.5 Å². The third kappa shape index (κ3) is 4.39. The summed E-state index contributed by atoms with van der Waals surface area (Å²) in [6, 6.07) is 5.41. The summed E-state index contributed by atoms with van der Waals surface area (Å²) in [6.07, 6.45) is 4.91. The Morgan fingerprint density at radius 1 is 1.11 bits per heavy atom. The summed E-state index contributed by atoms with van der Waals surface area (Å²) in [5.74, 6) is -2.29. The van der Waals surface area contributed by atoms with E-state index >= 15 is 0 Å². The van der Waals surface area contributed by atoms with Gasteiger partial charge in [-0.1, -0.05) is 11.6 Å². The van der Waals surface area contributed by atoms with E-state index < -0.39 is 29.4 Å². The first-order chi connectivity index (χ1) is 17.2. The standard InChI is InChI=1S/C26H23ClF3N5O/c1-14-24-21(25(34(2)33-24)17-8-18(28)10-19(29)9-17)5-6-35(14)26(36)22-11-20(30)7-16(23(22)27)4-3-15-12-31-32-13-15/h7-14H,3-6H2,1-2H3,(H,31,32)/t14-/m1/s1. The molecular formula is C26H23ClF3N5O. The topological polar surface area (TPSA) is 66.8 Å². The lowest BCUT2D eigenvalue weighted by Gasteiger charge is -2.33. The predicted octanol–water partition coefficient (Wildman–Crippen LogP) is 5.43. The first-order valence-electron chi connectivity index (χ1n) is 11.5. The van der Waals surface area contributed by atoms with Crippen molar-refractivity contribution < 1.29 is 18.0 Å². The number of aromatic amines is 1. The van der Waals surface area contributed by atoms with Gasteiger partial charge < -0.3 is 4.90 Å². The summed E-state index contributed by atoms with van der Waals surface area (Å²) in [6.45, 7) is 2.15. The zero-order valence-electron chi connectivity index (χ0n) is 19.7. The molecule has 1 atom stereocenters. The number of aryl methyl sites for hydroxylation is 3. The molecule has 2 aromatic carbocycles. The zero-order valence-corrected chi connectivity index (χ0v) is 20.4. The molecule has 36 heavy (non-hydrogen) atoms. The Morgan fingerprint density at radius 2 is 1.83 bits per heavy atom. The summed E-state index contributed by atoms with van der Waals surface area (Å²) in [4.78, 5) is 15.2. The number of hydrogen-bond acceptors (Lipinski definition) is 3. The molecule has 1 aliphatic heterocycles. The van der Waals surface area contributed by atoms with Crippen molar-refractivity contribution in [2.45, 2.75) is 32.2 Å². The summed E-state index contributed by atoms with van der Waals surface area (Å²) in [7, 11) is 1.70. The van der Waals surface area contributed by atoms with Gasteiger partial charge in [-0.15, -0.1) is 0 Å². The Kier molecular flexibility index (Phi) is 6.34. The second kappa shape index (κ2) is 9.46. The predicted molar refractivity (Wildman–Crippen MR) is 129 cm³/mol. The van der Waals surface area contributed by atoms with Gasteiger partial charge in [0.2, 0.25) is 0 Å². The van der Waals surface area contributed by atoms with Gasteiger partial charge in [-0.2, -0.15) is 10.2 Å². The highest BCUT2D eigenvalue weighted by molar-refractivity contribution is 6.34. The largest absolute Gasteiger partial charge is 0.330 e. The number of benzene rings is 2. The summed E-state index contributed by atoms with van der Waals surface area (Å²) < 4.78 is 43.9. The van der Waals surface area contributed by atoms with Crippen LogP contribution < -0.4 is 0 Å². The van der Waals surface area contributed by atoms with E-state index in [1.807, 2.05) is 6.92 Å². The van der Waals surface area contributed by atoms with Gasteiger partial charge in [0.05, 0.1) is 34.2 Å². The number of nitrogens with zero attached hydrogens (tertiary/aromatic N) is 4. The summed E-state index contributed by atoms with van der Waals surface area (Å²) in [5.41, 5.74) is 4.02. The fourth-order valence-corrected chi connectivity index (χ4v) is 5.19. The van der Waals surface area contributed by atoms with Crippen molar-refractivity contribution in [3.63, 3.8) is 0 Å². The third-order valence-electron chi connectivity index (χ3n) is 6.62. The number of aromatic nitrogens is 4. The monoisotopic (exact) mass is 513 g/mol. The fraction of sp³-hybridized carbons (Fsp3) is 0.269. The Labute approximate surface area is 210 Å². The Hall–Kier alpha value is -3.59. The molecule has 3 heterocycles. The van der Waals surface area contributed by atoms with Crippen LogP contribution in [0.3, 0.4) is 0 Å². The molecular weight excluding hydrogens is 491 g/mol. The molecule has 0 saturated heterocycles. The molecule has 0 spiro atoms. The molecule has 1 N–H and O–H groups in total. The lowest BCUT2D eigenvalue weighted by Crippen LogP contribution is -2.39. The van der Waals surface area contributed by atoms with Gasteiger partial charge in [-0.3, -0.25) is 14.6 Å². The van der Waals surface area contributed by atoms with E-state index in [2.05, 4.69) is 15.3 Å². The van der Waals surface area contributed by atoms with Crippen LogP contribution in [-0.2, 0) is 26.3 Å². The quantitative estimate of drug-likeness (QED) is 0.387. The first-order valence-corrected chi connectivity index (χ1v) is 11.9. The molecule has 186 valence electrons. The van der Waals surface area contributed by atoms with Gasteiger partial charge in [0.25, 0.3) is 5.91 Å². The smallest absolute Gasteiger partial charge is 0.256 e. The van der Waals surface area contributed by atoms with Crippen molar-refractivity contribution in [2.75, 3.05) is 6.54 Å². The molecule has 1 amide bonds. The number of rotatable bonds is 5. The number of H-pyrrole nitrogens is 1. The minimum atomic E-state index is -0.676. The van der Waals surface area contributed by atoms with Crippen LogP contribution in [0.15, 0.2) is 42.7 Å². The first kappa shape index (κ1) is 24.1. The van der Waals surface area contributed by atoms with E-state index in [-0.39, 0.29) is 10.6 Å². The number of halogens is 4. The number of nitrogens with one attached hydrogen (secondary N) is 1. The normalized spacial score (nSPS) is 15.3. The Morgan fingerprint density at radius 3 is 2.53 bits per heavy atom. The number of hydrogen-bond donors (Lipinski definition) is 1. The van der Waals surface area contributed by atoms with Gasteiger partial charge in [0, 0.05) is 37.0 Å². The molecule has 0 saturated carbocycles. The van der Waals surface area contributed by atoms with E-state index in [1.165, 1.54) is 18.2 Å². The number of amides is 1. The van der Waals surface area contributed by atoms with Crippen molar-refractivity contribution in [1.82, 2.24) is 24.9 Å². The van der Waals surface area contributed by atoms with Crippen molar-refractivity contribution in [3.05, 3.63) is 93.1 Å². The highest BCUT2D eigenvalue weighted by Crippen LogP contribution is 2.37. The van der Waals surface area contributed by atoms with Crippen molar-refractivity contribution in [2.24, 2.45) is 7.05 Å². The van der Waals surface area contributed by atoms with Crippen molar-refractivity contribution in [3.8, 4) is 11.3 Å². The van der Waals surface area contributed by atoms with Crippen LogP contribution in [-0.4, -0.2) is 37.3 Å². The van der Waals surface area contributed by atoms with Crippen LogP contribution in [0.5, 0.6) is 0 Å². The molecule has 4 aromatic rings. The van der Waals surface area contributed by atoms with Crippen molar-refractivity contribution in [1.29, 1.82) is 0 Å². The SMILES string of the molecule is C[C@@H]1c2nn(C)c(-c3cc(F)cc(F)c3)c2CCN1C(=O)c1cc(F)cc(CCc2cn[nH]c2)c1Cl. The van der Waals surface area contributed by atoms with Gasteiger partial charge in [-0.05, 0) is 61.6 Å². The maximum Gasteiger partial charge on any atom is 0.256 e. The second-order valence-corrected chi connectivity index (χ2v) is 9.33. The molecule has 1 aliphatic rings. The molecule has 0 radical (unpaired) electrons. The third-order valence-corrected chi connectivity index (χ3v) is 7.07. The van der Waals surface area contributed by atoms with Gasteiger partial charge in [0.15, 0.2) is 0 Å². The van der Waals surface area contributed by atoms with E-state index in [9.17, 15) is 18.0 Å². The van der Waals surface area contributed by atoms with Crippen LogP contribution in [0.4, 0.5) is 13.2 Å². The molecule has 10 heteroatoms. The number of carbonyl (C=O) groups is 1. The average Bonchev–Trinajstić information content (AvgIpc) is 3.46. The zero-order chi connectivity index (χ0) is 25.6. The van der Waals surface area contributed by atoms with Crippen LogP contribution in [0, 0.1) is 17.5 Å². The van der Waals surface area contributed by atoms with Crippen LogP contribution >= 0.6 is 11.6 Å². The molecule has 0 aliphatic carbocycles. The fourth-order valence-electron chi connectivity index (χ4n) is 4.90. The minimum absolute atomic E-state index is 0.0949. The Bertz CT molecular complexity index is 1430. The molecule has 5 rings (SSSR count). The van der Waals surface area contributed by atoms with Crippen molar-refractivity contribution >= 4 is 17.5 Å². The Balaban J connectivity index is 1.44. The molecule has 0 unspecified atom stereocenters. The average molecular weight is 514 g/mol. The van der Waals surface area contributed by atoms with E-state index in [4.69, 9.17) is 11.6 Å². The lowest BCUT2D eigenvalue weighted by atomic mass is 9.94. The maximum atomic E-state index is 14.5. The summed E-state index contributed by atoms with van der Waals surface area (Å²) in [5, 5.41) is 11.4. The van der Waals surface area contributed by atoms with E-state index in [0.717, 1.165) is 23.3 Å². The van der Waals surface area contributed by atoms with Crippen LogP contribution in [0.1, 0.15) is 45.7 Å².